The molecule has 2 nitrogen and oxygen atoms in total. The fourth-order valence-corrected chi connectivity index (χ4v) is 1.53. The predicted octanol–water partition coefficient (Wildman–Crippen LogP) is 2.18. The molecule has 0 unspecified atom stereocenters. The minimum absolute atomic E-state index is 0.443. The second-order valence-electron chi connectivity index (χ2n) is 3.96. The summed E-state index contributed by atoms with van der Waals surface area (Å²) in [4.78, 5) is 0. The van der Waals surface area contributed by atoms with Crippen LogP contribution in [0.4, 0.5) is 0 Å². The summed E-state index contributed by atoms with van der Waals surface area (Å²) in [6, 6.07) is 0.443. The van der Waals surface area contributed by atoms with Crippen LogP contribution in [0.25, 0.3) is 0 Å². The Hall–Kier alpha value is -0.920. The van der Waals surface area contributed by atoms with Gasteiger partial charge >= 0.3 is 0 Å². The van der Waals surface area contributed by atoms with Crippen LogP contribution in [0.1, 0.15) is 42.4 Å². The van der Waals surface area contributed by atoms with Crippen molar-refractivity contribution >= 4 is 0 Å². The van der Waals surface area contributed by atoms with Crippen LogP contribution < -0.4 is 4.68 Å². The molecule has 1 aromatic rings. The number of aryl methyl sites for hydroxylation is 1. The van der Waals surface area contributed by atoms with E-state index >= 15 is 0 Å². The van der Waals surface area contributed by atoms with E-state index in [1.165, 1.54) is 16.8 Å². The van der Waals surface area contributed by atoms with E-state index in [9.17, 15) is 0 Å². The van der Waals surface area contributed by atoms with Crippen molar-refractivity contribution in [1.29, 1.82) is 0 Å². The van der Waals surface area contributed by atoms with E-state index in [-0.39, 0.29) is 0 Å². The molecule has 0 aliphatic carbocycles. The minimum atomic E-state index is 0.443. The van der Waals surface area contributed by atoms with Gasteiger partial charge in [0.2, 0.25) is 5.69 Å². The summed E-state index contributed by atoms with van der Waals surface area (Å²) in [5, 5.41) is 4.55. The summed E-state index contributed by atoms with van der Waals surface area (Å²) in [6.45, 7) is 12.8. The summed E-state index contributed by atoms with van der Waals surface area (Å²) in [5.41, 5.74) is 5.09. The molecule has 0 spiro atoms. The molecule has 0 fully saturated rings. The molecule has 1 rings (SSSR count). The van der Waals surface area contributed by atoms with Crippen molar-refractivity contribution in [1.82, 2.24) is 5.10 Å². The van der Waals surface area contributed by atoms with Crippen molar-refractivity contribution in [3.05, 3.63) is 22.5 Å². The summed E-state index contributed by atoms with van der Waals surface area (Å²) in [6.07, 6.45) is 0. The van der Waals surface area contributed by atoms with E-state index in [2.05, 4.69) is 51.3 Å². The van der Waals surface area contributed by atoms with Crippen LogP contribution >= 0.6 is 0 Å². The Morgan fingerprint density at radius 1 is 1.00 bits per heavy atom. The second kappa shape index (κ2) is 3.44. The third kappa shape index (κ3) is 1.71. The molecule has 2 heteroatoms. The van der Waals surface area contributed by atoms with Crippen molar-refractivity contribution in [3.8, 4) is 0 Å². The highest BCUT2D eigenvalue weighted by atomic mass is 15.3. The second-order valence-corrected chi connectivity index (χ2v) is 3.96. The Kier molecular flexibility index (Phi) is 2.69. The van der Waals surface area contributed by atoms with Gasteiger partial charge in [0.25, 0.3) is 0 Å². The maximum atomic E-state index is 4.55. The predicted molar refractivity (Wildman–Crippen MR) is 53.8 cm³/mol. The smallest absolute Gasteiger partial charge is 0.0862 e. The first-order valence-corrected chi connectivity index (χ1v) is 4.81. The van der Waals surface area contributed by atoms with Gasteiger partial charge in [0.15, 0.2) is 6.04 Å². The minimum Gasteiger partial charge on any atom is -0.0862 e. The van der Waals surface area contributed by atoms with Gasteiger partial charge in [0.05, 0.1) is 0 Å². The Morgan fingerprint density at radius 3 is 2.00 bits per heavy atom. The summed E-state index contributed by atoms with van der Waals surface area (Å²) in [7, 11) is 0. The van der Waals surface area contributed by atoms with Crippen LogP contribution in [0.3, 0.4) is 0 Å². The lowest BCUT2D eigenvalue weighted by atomic mass is 10.1. The molecule has 0 N–H and O–H groups in total. The van der Waals surface area contributed by atoms with Crippen molar-refractivity contribution < 1.29 is 4.68 Å². The van der Waals surface area contributed by atoms with Gasteiger partial charge in [-0.3, -0.25) is 0 Å². The van der Waals surface area contributed by atoms with Gasteiger partial charge in [-0.1, -0.05) is 4.68 Å². The fraction of sp³-hybridized carbons (Fsp3) is 0.636. The van der Waals surface area contributed by atoms with Gasteiger partial charge in [-0.05, 0) is 45.3 Å². The van der Waals surface area contributed by atoms with Crippen molar-refractivity contribution in [2.24, 2.45) is 0 Å². The van der Waals surface area contributed by atoms with Crippen LogP contribution in [-0.4, -0.2) is 5.10 Å². The van der Waals surface area contributed by atoms with E-state index in [1.54, 1.807) is 0 Å². The third-order valence-electron chi connectivity index (χ3n) is 2.74. The highest BCUT2D eigenvalue weighted by molar-refractivity contribution is 5.26. The molecule has 1 heterocycles. The topological polar surface area (TPSA) is 16.8 Å². The largest absolute Gasteiger partial charge is 0.208 e. The van der Waals surface area contributed by atoms with Crippen LogP contribution in [0.5, 0.6) is 0 Å². The molecule has 13 heavy (non-hydrogen) atoms. The van der Waals surface area contributed by atoms with Gasteiger partial charge in [0, 0.05) is 12.5 Å². The van der Waals surface area contributed by atoms with E-state index in [0.717, 1.165) is 5.69 Å². The lowest BCUT2D eigenvalue weighted by Crippen LogP contribution is -2.45. The fourth-order valence-electron chi connectivity index (χ4n) is 1.53. The zero-order valence-electron chi connectivity index (χ0n) is 9.47. The zero-order valence-corrected chi connectivity index (χ0v) is 9.47. The summed E-state index contributed by atoms with van der Waals surface area (Å²) >= 11 is 0. The average Bonchev–Trinajstić information content (AvgIpc) is 2.07. The molecule has 0 aliphatic rings. The molecule has 0 bridgehead atoms. The van der Waals surface area contributed by atoms with Crippen LogP contribution in [0, 0.1) is 27.7 Å². The molecule has 0 aliphatic heterocycles. The SMILES string of the molecule is Cc1n[n+](C(C)C)c(C)c(C)c1C. The lowest BCUT2D eigenvalue weighted by molar-refractivity contribution is -0.777. The maximum absolute atomic E-state index is 4.55. The first-order chi connectivity index (χ1) is 5.95. The maximum Gasteiger partial charge on any atom is 0.208 e. The van der Waals surface area contributed by atoms with Crippen LogP contribution in [0.15, 0.2) is 0 Å². The van der Waals surface area contributed by atoms with Crippen molar-refractivity contribution in [3.63, 3.8) is 0 Å². The molecule has 0 amide bonds. The highest BCUT2D eigenvalue weighted by Crippen LogP contribution is 2.11. The Labute approximate surface area is 80.6 Å². The standard InChI is InChI=1S/C11H19N2/c1-7(2)13-11(6)9(4)8(3)10(5)12-13/h7H,1-6H3/q+1. The first-order valence-electron chi connectivity index (χ1n) is 4.81. The van der Waals surface area contributed by atoms with Gasteiger partial charge in [-0.2, -0.15) is 0 Å². The summed E-state index contributed by atoms with van der Waals surface area (Å²) < 4.78 is 2.09. The molecule has 0 atom stereocenters. The highest BCUT2D eigenvalue weighted by Gasteiger charge is 2.18. The zero-order chi connectivity index (χ0) is 10.2. The number of aromatic nitrogens is 2. The van der Waals surface area contributed by atoms with E-state index < -0.39 is 0 Å². The lowest BCUT2D eigenvalue weighted by Gasteiger charge is -2.08. The summed E-state index contributed by atoms with van der Waals surface area (Å²) in [5.74, 6) is 0. The number of hydrogen-bond acceptors (Lipinski definition) is 1. The molecular formula is C11H19N2+. The molecular weight excluding hydrogens is 160 g/mol. The molecule has 0 radical (unpaired) electrons. The van der Waals surface area contributed by atoms with Crippen molar-refractivity contribution in [2.75, 3.05) is 0 Å². The normalized spacial score (nSPS) is 11.0. The van der Waals surface area contributed by atoms with Crippen molar-refractivity contribution in [2.45, 2.75) is 47.6 Å². The number of nitrogens with zero attached hydrogens (tertiary/aromatic N) is 2. The third-order valence-corrected chi connectivity index (χ3v) is 2.74. The number of rotatable bonds is 1. The van der Waals surface area contributed by atoms with Gasteiger partial charge in [0.1, 0.15) is 5.69 Å². The molecule has 0 aromatic carbocycles. The Bertz CT molecular complexity index is 327. The van der Waals surface area contributed by atoms with Crippen LogP contribution in [-0.2, 0) is 0 Å². The number of hydrogen-bond donors (Lipinski definition) is 0. The van der Waals surface area contributed by atoms with E-state index in [1.807, 2.05) is 0 Å². The monoisotopic (exact) mass is 179 g/mol. The Morgan fingerprint density at radius 2 is 1.54 bits per heavy atom. The van der Waals surface area contributed by atoms with Gasteiger partial charge in [-0.15, -0.1) is 0 Å². The molecule has 0 saturated heterocycles. The Balaban J connectivity index is 3.41. The molecule has 0 saturated carbocycles. The average molecular weight is 179 g/mol. The quantitative estimate of drug-likeness (QED) is 0.604. The van der Waals surface area contributed by atoms with E-state index in [0.29, 0.717) is 6.04 Å². The van der Waals surface area contributed by atoms with Gasteiger partial charge < -0.3 is 0 Å². The van der Waals surface area contributed by atoms with Gasteiger partial charge in [-0.25, -0.2) is 0 Å². The van der Waals surface area contributed by atoms with Crippen LogP contribution in [0.2, 0.25) is 0 Å². The first kappa shape index (κ1) is 10.2. The molecule has 72 valence electrons. The van der Waals surface area contributed by atoms with E-state index in [4.69, 9.17) is 0 Å². The molecule has 1 aromatic heterocycles.